The molecule has 28 heavy (non-hydrogen) atoms. The highest BCUT2D eigenvalue weighted by atomic mass is 16.7. The van der Waals surface area contributed by atoms with Crippen LogP contribution in [-0.4, -0.2) is 42.6 Å². The third-order valence-electron chi connectivity index (χ3n) is 4.36. The number of ether oxygens (including phenoxy) is 4. The van der Waals surface area contributed by atoms with Crippen LogP contribution in [0.15, 0.2) is 16.9 Å². The molecule has 1 amide bonds. The van der Waals surface area contributed by atoms with Crippen molar-refractivity contribution in [1.29, 1.82) is 0 Å². The average molecular weight is 391 g/mol. The fourth-order valence-corrected chi connectivity index (χ4v) is 3.21. The number of nitrogens with one attached hydrogen (secondary N) is 2. The number of primary amides is 1. The highest BCUT2D eigenvalue weighted by molar-refractivity contribution is 5.76. The van der Waals surface area contributed by atoms with Crippen LogP contribution in [0.1, 0.15) is 36.1 Å². The minimum atomic E-state index is -0.722. The van der Waals surface area contributed by atoms with Crippen molar-refractivity contribution in [2.45, 2.75) is 25.7 Å². The van der Waals surface area contributed by atoms with Crippen LogP contribution in [0.4, 0.5) is 0 Å². The number of H-pyrrole nitrogens is 2. The zero-order valence-electron chi connectivity index (χ0n) is 15.5. The highest BCUT2D eigenvalue weighted by Crippen LogP contribution is 2.44. The van der Waals surface area contributed by atoms with E-state index in [2.05, 4.69) is 10.2 Å². The molecule has 150 valence electrons. The molecule has 0 spiro atoms. The molecule has 0 fully saturated rings. The first kappa shape index (κ1) is 19.3. The molecule has 0 saturated heterocycles. The summed E-state index contributed by atoms with van der Waals surface area (Å²) < 4.78 is 21.1. The molecule has 0 bridgehead atoms. The predicted octanol–water partition coefficient (Wildman–Crippen LogP) is 0.553. The second kappa shape index (κ2) is 8.07. The van der Waals surface area contributed by atoms with Gasteiger partial charge < -0.3 is 29.8 Å². The molecule has 2 heterocycles. The summed E-state index contributed by atoms with van der Waals surface area (Å²) in [4.78, 5) is 36.1. The maximum atomic E-state index is 12.5. The lowest BCUT2D eigenvalue weighted by atomic mass is 9.87. The molecule has 0 radical (unpaired) electrons. The molecule has 1 aliphatic rings. The first-order valence-corrected chi connectivity index (χ1v) is 8.65. The summed E-state index contributed by atoms with van der Waals surface area (Å²) in [6, 6.07) is 3.32. The Hall–Kier alpha value is -3.43. The molecule has 1 unspecified atom stereocenters. The molecular weight excluding hydrogens is 370 g/mol. The van der Waals surface area contributed by atoms with Gasteiger partial charge in [-0.1, -0.05) is 0 Å². The van der Waals surface area contributed by atoms with Crippen LogP contribution < -0.4 is 25.5 Å². The van der Waals surface area contributed by atoms with Crippen LogP contribution in [0.5, 0.6) is 17.2 Å². The van der Waals surface area contributed by atoms with Gasteiger partial charge in [0.2, 0.25) is 18.4 Å². The molecule has 1 atom stereocenters. The van der Waals surface area contributed by atoms with E-state index in [1.807, 2.05) is 0 Å². The Morgan fingerprint density at radius 3 is 2.75 bits per heavy atom. The lowest BCUT2D eigenvalue weighted by molar-refractivity contribution is -0.142. The smallest absolute Gasteiger partial charge is 0.311 e. The summed E-state index contributed by atoms with van der Waals surface area (Å²) >= 11 is 0. The molecule has 0 saturated carbocycles. The minimum Gasteiger partial charge on any atom is -0.493 e. The number of amides is 1. The summed E-state index contributed by atoms with van der Waals surface area (Å²) in [5, 5.41) is 5.15. The van der Waals surface area contributed by atoms with Gasteiger partial charge in [0.05, 0.1) is 25.8 Å². The van der Waals surface area contributed by atoms with Gasteiger partial charge in [-0.05, 0) is 24.6 Å². The average Bonchev–Trinajstić information content (AvgIpc) is 3.26. The molecule has 1 aliphatic heterocycles. The van der Waals surface area contributed by atoms with Gasteiger partial charge >= 0.3 is 5.97 Å². The van der Waals surface area contributed by atoms with E-state index in [1.54, 1.807) is 19.1 Å². The van der Waals surface area contributed by atoms with E-state index in [0.717, 1.165) is 0 Å². The van der Waals surface area contributed by atoms with Crippen LogP contribution in [0.2, 0.25) is 0 Å². The van der Waals surface area contributed by atoms with Crippen LogP contribution in [0.25, 0.3) is 0 Å². The van der Waals surface area contributed by atoms with E-state index in [0.29, 0.717) is 28.5 Å². The van der Waals surface area contributed by atoms with Crippen LogP contribution in [-0.2, 0) is 20.7 Å². The van der Waals surface area contributed by atoms with Crippen LogP contribution >= 0.6 is 0 Å². The van der Waals surface area contributed by atoms with E-state index >= 15 is 0 Å². The van der Waals surface area contributed by atoms with E-state index in [9.17, 15) is 14.4 Å². The van der Waals surface area contributed by atoms with Gasteiger partial charge in [-0.2, -0.15) is 0 Å². The van der Waals surface area contributed by atoms with Gasteiger partial charge in [0.15, 0.2) is 11.5 Å². The van der Waals surface area contributed by atoms with Gasteiger partial charge in [0.1, 0.15) is 0 Å². The Morgan fingerprint density at radius 1 is 1.29 bits per heavy atom. The second-order valence-corrected chi connectivity index (χ2v) is 6.13. The fourth-order valence-electron chi connectivity index (χ4n) is 3.21. The van der Waals surface area contributed by atoms with Crippen molar-refractivity contribution in [2.75, 3.05) is 20.5 Å². The van der Waals surface area contributed by atoms with Crippen molar-refractivity contribution in [3.8, 4) is 17.2 Å². The van der Waals surface area contributed by atoms with Crippen molar-refractivity contribution >= 4 is 11.9 Å². The van der Waals surface area contributed by atoms with E-state index in [4.69, 9.17) is 24.7 Å². The number of methoxy groups -OCH3 is 1. The number of rotatable bonds is 8. The van der Waals surface area contributed by atoms with Crippen molar-refractivity contribution < 1.29 is 28.5 Å². The Morgan fingerprint density at radius 2 is 2.07 bits per heavy atom. The molecule has 3 rings (SSSR count). The summed E-state index contributed by atoms with van der Waals surface area (Å²) in [5.74, 6) is -0.551. The van der Waals surface area contributed by atoms with Crippen molar-refractivity contribution in [3.05, 3.63) is 39.3 Å². The third-order valence-corrected chi connectivity index (χ3v) is 4.36. The predicted molar refractivity (Wildman–Crippen MR) is 96.5 cm³/mol. The zero-order chi connectivity index (χ0) is 20.3. The third kappa shape index (κ3) is 3.80. The fraction of sp³-hybridized carbons (Fsp3) is 0.389. The maximum absolute atomic E-state index is 12.5. The van der Waals surface area contributed by atoms with E-state index < -0.39 is 23.4 Å². The number of aromatic nitrogens is 2. The number of hydrogen-bond donors (Lipinski definition) is 3. The number of esters is 1. The van der Waals surface area contributed by atoms with Crippen LogP contribution in [0, 0.1) is 0 Å². The summed E-state index contributed by atoms with van der Waals surface area (Å²) in [6.45, 7) is 1.94. The van der Waals surface area contributed by atoms with Gasteiger partial charge in [-0.3, -0.25) is 19.5 Å². The molecule has 10 nitrogen and oxygen atoms in total. The number of carbonyl (C=O) groups excluding carboxylic acids is 2. The second-order valence-electron chi connectivity index (χ2n) is 6.13. The standard InChI is InChI=1S/C18H21N3O7/c1-3-26-15(23)7-11-16(18(24)21-20-11)10(6-14(19)22)9-4-12(25-2)17-13(5-9)27-8-28-17/h4-5,10H,3,6-8H2,1-2H3,(H2,19,22)(H2,20,21,24). The molecule has 10 heteroatoms. The summed E-state index contributed by atoms with van der Waals surface area (Å²) in [6.07, 6.45) is -0.307. The molecule has 1 aromatic carbocycles. The number of fused-ring (bicyclic) bond motifs is 1. The van der Waals surface area contributed by atoms with Crippen molar-refractivity contribution in [2.24, 2.45) is 5.73 Å². The van der Waals surface area contributed by atoms with Gasteiger partial charge in [0, 0.05) is 17.9 Å². The van der Waals surface area contributed by atoms with Crippen molar-refractivity contribution in [3.63, 3.8) is 0 Å². The molecule has 2 aromatic rings. The number of hydrogen-bond acceptors (Lipinski definition) is 7. The highest BCUT2D eigenvalue weighted by Gasteiger charge is 2.29. The maximum Gasteiger partial charge on any atom is 0.311 e. The number of nitrogens with two attached hydrogens (primary N) is 1. The normalized spacial score (nSPS) is 13.2. The number of benzene rings is 1. The summed E-state index contributed by atoms with van der Waals surface area (Å²) in [5.41, 5.74) is 6.09. The molecule has 4 N–H and O–H groups in total. The van der Waals surface area contributed by atoms with Gasteiger partial charge in [0.25, 0.3) is 5.56 Å². The van der Waals surface area contributed by atoms with Crippen molar-refractivity contribution in [1.82, 2.24) is 10.2 Å². The zero-order valence-corrected chi connectivity index (χ0v) is 15.5. The minimum absolute atomic E-state index is 0.0362. The molecule has 1 aromatic heterocycles. The lowest BCUT2D eigenvalue weighted by Crippen LogP contribution is -2.22. The molecular formula is C18H21N3O7. The Kier molecular flexibility index (Phi) is 5.57. The topological polar surface area (TPSA) is 146 Å². The Labute approximate surface area is 159 Å². The SMILES string of the molecule is CCOC(=O)Cc1[nH][nH]c(=O)c1C(CC(N)=O)c1cc(OC)c2c(c1)OCO2. The van der Waals surface area contributed by atoms with Crippen LogP contribution in [0.3, 0.4) is 0 Å². The lowest BCUT2D eigenvalue weighted by Gasteiger charge is -2.17. The Balaban J connectivity index is 2.08. The number of aromatic amines is 2. The molecule has 0 aliphatic carbocycles. The number of carbonyl (C=O) groups is 2. The first-order valence-electron chi connectivity index (χ1n) is 8.65. The quantitative estimate of drug-likeness (QED) is 0.557. The van der Waals surface area contributed by atoms with E-state index in [-0.39, 0.29) is 31.8 Å². The monoisotopic (exact) mass is 391 g/mol. The summed E-state index contributed by atoms with van der Waals surface area (Å²) in [7, 11) is 1.47. The largest absolute Gasteiger partial charge is 0.493 e. The van der Waals surface area contributed by atoms with Gasteiger partial charge in [-0.25, -0.2) is 0 Å². The Bertz CT molecular complexity index is 947. The first-order chi connectivity index (χ1) is 13.4. The van der Waals surface area contributed by atoms with Gasteiger partial charge in [-0.15, -0.1) is 0 Å². The van der Waals surface area contributed by atoms with E-state index in [1.165, 1.54) is 7.11 Å².